The highest BCUT2D eigenvalue weighted by Crippen LogP contribution is 2.74. The molecule has 0 radical (unpaired) electrons. The van der Waals surface area contributed by atoms with Crippen LogP contribution in [-0.4, -0.2) is 28.4 Å². The lowest BCUT2D eigenvalue weighted by Gasteiger charge is -2.58. The molecule has 0 saturated heterocycles. The van der Waals surface area contributed by atoms with Gasteiger partial charge in [0.05, 0.1) is 14.9 Å². The van der Waals surface area contributed by atoms with Gasteiger partial charge in [0.2, 0.25) is 0 Å². The second-order valence-corrected chi connectivity index (χ2v) is 19.1. The molecule has 0 aromatic rings. The zero-order chi connectivity index (χ0) is 18.3. The van der Waals surface area contributed by atoms with E-state index in [9.17, 15) is 5.11 Å². The Morgan fingerprint density at radius 2 is 1.71 bits per heavy atom. The van der Waals surface area contributed by atoms with Gasteiger partial charge in [0, 0.05) is 0 Å². The average Bonchev–Trinajstić information content (AvgIpc) is 2.91. The van der Waals surface area contributed by atoms with E-state index in [1.807, 2.05) is 0 Å². The third kappa shape index (κ3) is 2.92. The van der Waals surface area contributed by atoms with E-state index in [0.29, 0.717) is 17.8 Å². The van der Waals surface area contributed by atoms with E-state index in [4.69, 9.17) is 4.43 Å². The van der Waals surface area contributed by atoms with Gasteiger partial charge < -0.3 is 9.53 Å². The van der Waals surface area contributed by atoms with Crippen molar-refractivity contribution in [2.24, 2.45) is 23.2 Å². The van der Waals surface area contributed by atoms with Gasteiger partial charge in [-0.15, -0.1) is 0 Å². The van der Waals surface area contributed by atoms with Gasteiger partial charge in [-0.2, -0.15) is 0 Å². The summed E-state index contributed by atoms with van der Waals surface area (Å²) < 4.78 is 7.04. The predicted molar refractivity (Wildman–Crippen MR) is 110 cm³/mol. The van der Waals surface area contributed by atoms with Gasteiger partial charge in [0.25, 0.3) is 0 Å². The minimum absolute atomic E-state index is 0.0712. The summed E-state index contributed by atoms with van der Waals surface area (Å²) >= 11 is 7.78. The highest BCUT2D eigenvalue weighted by Gasteiger charge is 2.71. The number of fused-ring (bicyclic) bond motifs is 2. The van der Waals surface area contributed by atoms with E-state index in [2.05, 4.69) is 79.6 Å². The molecule has 2 nitrogen and oxygen atoms in total. The normalized spacial score (nSPS) is 47.8. The minimum atomic E-state index is -1.81. The number of hydrogen-bond acceptors (Lipinski definition) is 2. The smallest absolute Gasteiger partial charge is 0.192 e. The molecule has 0 heterocycles. The lowest BCUT2D eigenvalue weighted by Crippen LogP contribution is -2.60. The molecule has 0 aliphatic heterocycles. The van der Waals surface area contributed by atoms with E-state index < -0.39 is 13.9 Å². The topological polar surface area (TPSA) is 29.5 Å². The first-order valence-corrected chi connectivity index (χ1v) is 13.9. The van der Waals surface area contributed by atoms with Crippen molar-refractivity contribution < 1.29 is 9.53 Å². The number of hydrogen-bond donors (Lipinski definition) is 1. The van der Waals surface area contributed by atoms with Gasteiger partial charge in [0.15, 0.2) is 8.32 Å². The van der Waals surface area contributed by atoms with Crippen molar-refractivity contribution in [3.05, 3.63) is 0 Å². The molecule has 140 valence electrons. The molecule has 6 atom stereocenters. The van der Waals surface area contributed by atoms with E-state index in [1.54, 1.807) is 0 Å². The van der Waals surface area contributed by atoms with Gasteiger partial charge >= 0.3 is 0 Å². The van der Waals surface area contributed by atoms with Gasteiger partial charge in [-0.1, -0.05) is 59.6 Å². The van der Waals surface area contributed by atoms with Crippen LogP contribution in [0.5, 0.6) is 0 Å². The van der Waals surface area contributed by atoms with Crippen LogP contribution in [0.3, 0.4) is 0 Å². The van der Waals surface area contributed by atoms with Crippen LogP contribution in [0.15, 0.2) is 0 Å². The minimum Gasteiger partial charge on any atom is -0.413 e. The highest BCUT2D eigenvalue weighted by atomic mass is 79.9. The molecule has 3 saturated carbocycles. The van der Waals surface area contributed by atoms with Crippen molar-refractivity contribution >= 4 is 40.2 Å². The second-order valence-electron chi connectivity index (χ2n) is 10.6. The Morgan fingerprint density at radius 1 is 1.12 bits per heavy atom. The Bertz CT molecular complexity index is 526. The molecule has 0 bridgehead atoms. The second kappa shape index (κ2) is 5.56. The summed E-state index contributed by atoms with van der Waals surface area (Å²) in [6, 6.07) is 0. The number of alkyl halides is 2. The monoisotopic (exact) mass is 480 g/mol. The molecule has 6 unspecified atom stereocenters. The van der Waals surface area contributed by atoms with Crippen molar-refractivity contribution in [2.75, 3.05) is 0 Å². The van der Waals surface area contributed by atoms with E-state index >= 15 is 0 Å². The third-order valence-corrected chi connectivity index (χ3v) is 14.8. The van der Waals surface area contributed by atoms with Crippen LogP contribution >= 0.6 is 31.9 Å². The largest absolute Gasteiger partial charge is 0.413 e. The Balaban J connectivity index is 1.90. The molecule has 1 N–H and O–H groups in total. The molecule has 0 aromatic heterocycles. The number of halogens is 2. The number of aliphatic hydroxyl groups is 1. The quantitative estimate of drug-likeness (QED) is 0.383. The average molecular weight is 482 g/mol. The molecule has 3 rings (SSSR count). The highest BCUT2D eigenvalue weighted by molar-refractivity contribution is 9.25. The molecule has 3 aliphatic rings. The molecular formula is C19H34Br2O2Si. The molecule has 0 spiro atoms. The molecule has 3 aliphatic carbocycles. The third-order valence-electron chi connectivity index (χ3n) is 7.95. The van der Waals surface area contributed by atoms with Crippen LogP contribution in [0.4, 0.5) is 0 Å². The van der Waals surface area contributed by atoms with Crippen molar-refractivity contribution in [2.45, 2.75) is 93.4 Å². The summed E-state index contributed by atoms with van der Waals surface area (Å²) in [6.45, 7) is 16.1. The summed E-state index contributed by atoms with van der Waals surface area (Å²) in [4.78, 5) is 0. The van der Waals surface area contributed by atoms with Crippen molar-refractivity contribution in [3.8, 4) is 0 Å². The zero-order valence-electron chi connectivity index (χ0n) is 16.2. The summed E-state index contributed by atoms with van der Waals surface area (Å²) in [5, 5.41) is 11.4. The van der Waals surface area contributed by atoms with Gasteiger partial charge in [-0.25, -0.2) is 0 Å². The standard InChI is InChI=1S/C19H34Br2O2Si/c1-16(2,3)24(6,7)23-15-8-9-18(5,22)14-10-12-13(19(12,20)21)11-17(14,15)4/h12-15,22H,8-11H2,1-7H3. The van der Waals surface area contributed by atoms with Gasteiger partial charge in [0.1, 0.15) is 0 Å². The molecule has 3 fully saturated rings. The summed E-state index contributed by atoms with van der Waals surface area (Å²) in [5.41, 5.74) is -0.493. The predicted octanol–water partition coefficient (Wildman–Crippen LogP) is 6.07. The van der Waals surface area contributed by atoms with Crippen LogP contribution in [-0.2, 0) is 4.43 Å². The van der Waals surface area contributed by atoms with E-state index in [0.717, 1.165) is 25.7 Å². The van der Waals surface area contributed by atoms with E-state index in [1.165, 1.54) is 0 Å². The summed E-state index contributed by atoms with van der Waals surface area (Å²) in [5.74, 6) is 1.64. The number of rotatable bonds is 2. The van der Waals surface area contributed by atoms with E-state index in [-0.39, 0.29) is 19.8 Å². The summed E-state index contributed by atoms with van der Waals surface area (Å²) in [6.07, 6.45) is 4.38. The fourth-order valence-electron chi connectivity index (χ4n) is 5.17. The van der Waals surface area contributed by atoms with Crippen LogP contribution in [0.25, 0.3) is 0 Å². The maximum Gasteiger partial charge on any atom is 0.192 e. The maximum absolute atomic E-state index is 11.1. The molecule has 24 heavy (non-hydrogen) atoms. The Hall–Kier alpha value is 1.10. The first kappa shape index (κ1) is 19.8. The van der Waals surface area contributed by atoms with Crippen molar-refractivity contribution in [1.29, 1.82) is 0 Å². The van der Waals surface area contributed by atoms with Crippen LogP contribution in [0, 0.1) is 23.2 Å². The van der Waals surface area contributed by atoms with Crippen molar-refractivity contribution in [1.82, 2.24) is 0 Å². The molecule has 0 amide bonds. The van der Waals surface area contributed by atoms with Crippen molar-refractivity contribution in [3.63, 3.8) is 0 Å². The first-order valence-electron chi connectivity index (χ1n) is 9.41. The van der Waals surface area contributed by atoms with Gasteiger partial charge in [-0.3, -0.25) is 0 Å². The molecule has 0 aromatic carbocycles. The molecule has 5 heteroatoms. The Morgan fingerprint density at radius 3 is 2.25 bits per heavy atom. The Labute approximate surface area is 165 Å². The van der Waals surface area contributed by atoms with Crippen LogP contribution in [0.2, 0.25) is 18.1 Å². The Kier molecular flexibility index (Phi) is 4.60. The van der Waals surface area contributed by atoms with Crippen LogP contribution < -0.4 is 0 Å². The van der Waals surface area contributed by atoms with Crippen LogP contribution in [0.1, 0.15) is 60.3 Å². The summed E-state index contributed by atoms with van der Waals surface area (Å²) in [7, 11) is -1.81. The maximum atomic E-state index is 11.1. The lowest BCUT2D eigenvalue weighted by atomic mass is 9.54. The fraction of sp³-hybridized carbons (Fsp3) is 1.00. The molecular weight excluding hydrogens is 448 g/mol. The zero-order valence-corrected chi connectivity index (χ0v) is 20.4. The SMILES string of the molecule is CC1(O)CCC(O[Si](C)(C)C(C)(C)C)C2(C)CC3C(CC12)C3(Br)Br. The fourth-order valence-corrected chi connectivity index (χ4v) is 8.33. The van der Waals surface area contributed by atoms with Gasteiger partial charge in [-0.05, 0) is 73.9 Å². The first-order chi connectivity index (χ1) is 10.6. The lowest BCUT2D eigenvalue weighted by molar-refractivity contribution is -0.163.